The Morgan fingerprint density at radius 1 is 0.800 bits per heavy atom. The van der Waals surface area contributed by atoms with E-state index in [1.165, 1.54) is 90.6 Å². The van der Waals surface area contributed by atoms with Gasteiger partial charge in [0.25, 0.3) is 5.56 Å². The lowest BCUT2D eigenvalue weighted by molar-refractivity contribution is 0.0508. The van der Waals surface area contributed by atoms with Crippen LogP contribution in [0.25, 0.3) is 11.0 Å². The molecule has 2 aromatic rings. The van der Waals surface area contributed by atoms with Gasteiger partial charge in [0.1, 0.15) is 0 Å². The Morgan fingerprint density at radius 3 is 1.97 bits per heavy atom. The second-order valence-corrected chi connectivity index (χ2v) is 11.0. The molecule has 0 amide bonds. The summed E-state index contributed by atoms with van der Waals surface area (Å²) in [5.74, 6) is -0.650. The molecule has 2 aliphatic heterocycles. The molecular formula is C29H41N3O3. The maximum atomic E-state index is 13.5. The van der Waals surface area contributed by atoms with Crippen molar-refractivity contribution in [3.05, 3.63) is 40.3 Å². The molecule has 190 valence electrons. The van der Waals surface area contributed by atoms with Crippen LogP contribution >= 0.6 is 0 Å². The van der Waals surface area contributed by atoms with Crippen LogP contribution in [0.3, 0.4) is 0 Å². The van der Waals surface area contributed by atoms with Crippen LogP contribution < -0.4 is 5.56 Å². The van der Waals surface area contributed by atoms with Gasteiger partial charge in [0.2, 0.25) is 5.69 Å². The van der Waals surface area contributed by atoms with Gasteiger partial charge in [-0.3, -0.25) is 9.69 Å². The van der Waals surface area contributed by atoms with Crippen LogP contribution in [0.1, 0.15) is 113 Å². The van der Waals surface area contributed by atoms with E-state index in [1.807, 2.05) is 28.8 Å². The average Bonchev–Trinajstić information content (AvgIpc) is 3.12. The number of piperidine rings is 1. The average molecular weight is 480 g/mol. The highest BCUT2D eigenvalue weighted by Gasteiger charge is 2.44. The molecule has 1 unspecified atom stereocenters. The van der Waals surface area contributed by atoms with Gasteiger partial charge in [-0.05, 0) is 50.7 Å². The summed E-state index contributed by atoms with van der Waals surface area (Å²) < 4.78 is 6.77. The quantitative estimate of drug-likeness (QED) is 0.503. The van der Waals surface area contributed by atoms with Crippen LogP contribution in [0.15, 0.2) is 29.1 Å². The zero-order valence-corrected chi connectivity index (χ0v) is 21.3. The minimum absolute atomic E-state index is 0.0961. The summed E-state index contributed by atoms with van der Waals surface area (Å²) in [4.78, 5) is 33.1. The van der Waals surface area contributed by atoms with Gasteiger partial charge in [-0.1, -0.05) is 69.9 Å². The highest BCUT2D eigenvalue weighted by molar-refractivity contribution is 5.89. The second-order valence-electron chi connectivity index (χ2n) is 11.0. The molecule has 2 bridgehead atoms. The summed E-state index contributed by atoms with van der Waals surface area (Å²) in [5.41, 5.74) is 1.11. The van der Waals surface area contributed by atoms with Crippen molar-refractivity contribution in [2.45, 2.75) is 120 Å². The molecule has 2 saturated heterocycles. The zero-order valence-electron chi connectivity index (χ0n) is 21.3. The first kappa shape index (κ1) is 24.5. The normalized spacial score (nSPS) is 27.3. The van der Waals surface area contributed by atoms with E-state index >= 15 is 0 Å². The largest absolute Gasteiger partial charge is 0.464 e. The van der Waals surface area contributed by atoms with Crippen LogP contribution in [0, 0.1) is 0 Å². The van der Waals surface area contributed by atoms with Crippen molar-refractivity contribution in [3.63, 3.8) is 0 Å². The number of para-hydroxylation sites is 2. The molecule has 0 N–H and O–H groups in total. The van der Waals surface area contributed by atoms with Crippen LogP contribution in [-0.4, -0.2) is 45.7 Å². The monoisotopic (exact) mass is 479 g/mol. The third kappa shape index (κ3) is 5.18. The van der Waals surface area contributed by atoms with Gasteiger partial charge < -0.3 is 9.30 Å². The van der Waals surface area contributed by atoms with Crippen molar-refractivity contribution in [1.82, 2.24) is 14.5 Å². The number of ether oxygens (including phenoxy) is 1. The van der Waals surface area contributed by atoms with Crippen molar-refractivity contribution in [3.8, 4) is 0 Å². The molecule has 1 aromatic heterocycles. The lowest BCUT2D eigenvalue weighted by Crippen LogP contribution is -2.50. The Balaban J connectivity index is 1.40. The number of aromatic nitrogens is 2. The van der Waals surface area contributed by atoms with E-state index in [1.54, 1.807) is 0 Å². The van der Waals surface area contributed by atoms with Gasteiger partial charge >= 0.3 is 5.97 Å². The molecule has 3 aliphatic rings. The van der Waals surface area contributed by atoms with E-state index in [4.69, 9.17) is 4.74 Å². The molecule has 6 heteroatoms. The molecule has 35 heavy (non-hydrogen) atoms. The van der Waals surface area contributed by atoms with Crippen molar-refractivity contribution in [1.29, 1.82) is 0 Å². The third-order valence-corrected chi connectivity index (χ3v) is 8.80. The predicted octanol–water partition coefficient (Wildman–Crippen LogP) is 6.02. The van der Waals surface area contributed by atoms with Crippen LogP contribution in [0.5, 0.6) is 0 Å². The number of fused-ring (bicyclic) bond motifs is 3. The molecule has 0 radical (unpaired) electrons. The van der Waals surface area contributed by atoms with Crippen molar-refractivity contribution in [2.24, 2.45) is 0 Å². The summed E-state index contributed by atoms with van der Waals surface area (Å²) in [7, 11) is 1.31. The zero-order chi connectivity index (χ0) is 24.2. The van der Waals surface area contributed by atoms with Gasteiger partial charge in [-0.25, -0.2) is 9.78 Å². The van der Waals surface area contributed by atoms with Crippen LogP contribution in [-0.2, 0) is 4.74 Å². The molecule has 3 atom stereocenters. The van der Waals surface area contributed by atoms with Crippen molar-refractivity contribution < 1.29 is 9.53 Å². The van der Waals surface area contributed by atoms with Crippen LogP contribution in [0.2, 0.25) is 0 Å². The minimum Gasteiger partial charge on any atom is -0.464 e. The second kappa shape index (κ2) is 11.2. The fourth-order valence-corrected chi connectivity index (χ4v) is 7.18. The summed E-state index contributed by atoms with van der Waals surface area (Å²) >= 11 is 0. The Hall–Kier alpha value is -2.21. The number of hydrogen-bond acceptors (Lipinski definition) is 5. The van der Waals surface area contributed by atoms with Gasteiger partial charge in [0, 0.05) is 24.2 Å². The first-order valence-corrected chi connectivity index (χ1v) is 14.0. The van der Waals surface area contributed by atoms with Gasteiger partial charge in [-0.15, -0.1) is 0 Å². The third-order valence-electron chi connectivity index (χ3n) is 8.80. The summed E-state index contributed by atoms with van der Waals surface area (Å²) in [5, 5.41) is 0. The van der Waals surface area contributed by atoms with E-state index in [0.717, 1.165) is 18.4 Å². The molecule has 1 aromatic carbocycles. The Labute approximate surface area is 209 Å². The number of hydrogen-bond donors (Lipinski definition) is 0. The lowest BCUT2D eigenvalue weighted by atomic mass is 9.90. The molecule has 6 nitrogen and oxygen atoms in total. The standard InChI is InChI=1S/C29H41N3O3/c1-35-29(34)27-28(33)32(26-16-12-11-15-25(26)30-27)24-19-22-17-18-23(20-24)31(22)21-13-9-7-5-3-2-4-6-8-10-14-21/h11-12,15-16,21-24H,2-10,13-14,17-20H2,1H3/t22-,23+,24?. The fourth-order valence-electron chi connectivity index (χ4n) is 7.18. The Morgan fingerprint density at radius 2 is 1.37 bits per heavy atom. The first-order valence-electron chi connectivity index (χ1n) is 14.0. The molecule has 5 rings (SSSR count). The van der Waals surface area contributed by atoms with Crippen molar-refractivity contribution in [2.75, 3.05) is 7.11 Å². The van der Waals surface area contributed by atoms with Gasteiger partial charge in [-0.2, -0.15) is 0 Å². The van der Waals surface area contributed by atoms with E-state index in [-0.39, 0.29) is 17.3 Å². The predicted molar refractivity (Wildman–Crippen MR) is 139 cm³/mol. The molecule has 3 heterocycles. The molecule has 1 saturated carbocycles. The molecular weight excluding hydrogens is 438 g/mol. The van der Waals surface area contributed by atoms with Gasteiger partial charge in [0.05, 0.1) is 18.1 Å². The summed E-state index contributed by atoms with van der Waals surface area (Å²) in [6.07, 6.45) is 19.5. The topological polar surface area (TPSA) is 64.4 Å². The van der Waals surface area contributed by atoms with Gasteiger partial charge in [0.15, 0.2) is 0 Å². The number of rotatable bonds is 3. The molecule has 1 aliphatic carbocycles. The Kier molecular flexibility index (Phi) is 7.86. The number of esters is 1. The highest BCUT2D eigenvalue weighted by Crippen LogP contribution is 2.44. The lowest BCUT2D eigenvalue weighted by Gasteiger charge is -2.44. The summed E-state index contributed by atoms with van der Waals surface area (Å²) in [6, 6.07) is 9.53. The molecule has 3 fully saturated rings. The first-order chi connectivity index (χ1) is 17.2. The van der Waals surface area contributed by atoms with E-state index in [9.17, 15) is 9.59 Å². The summed E-state index contributed by atoms with van der Waals surface area (Å²) in [6.45, 7) is 0. The maximum Gasteiger partial charge on any atom is 0.362 e. The number of nitrogens with zero attached hydrogens (tertiary/aromatic N) is 3. The Bertz CT molecular complexity index is 1050. The number of benzene rings is 1. The van der Waals surface area contributed by atoms with Crippen LogP contribution in [0.4, 0.5) is 0 Å². The number of carbonyl (C=O) groups is 1. The number of methoxy groups -OCH3 is 1. The van der Waals surface area contributed by atoms with E-state index < -0.39 is 5.97 Å². The van der Waals surface area contributed by atoms with E-state index in [0.29, 0.717) is 23.6 Å². The smallest absolute Gasteiger partial charge is 0.362 e. The highest BCUT2D eigenvalue weighted by atomic mass is 16.5. The van der Waals surface area contributed by atoms with E-state index in [2.05, 4.69) is 9.88 Å². The van der Waals surface area contributed by atoms with Crippen molar-refractivity contribution >= 4 is 17.0 Å². The fraction of sp³-hybridized carbons (Fsp3) is 0.690. The number of carbonyl (C=O) groups excluding carboxylic acids is 1. The maximum absolute atomic E-state index is 13.5. The minimum atomic E-state index is -0.650. The molecule has 0 spiro atoms. The SMILES string of the molecule is COC(=O)c1nc2ccccc2n(C2C[C@H]3CC[C@@H](C2)N3C2CCCCCCCCCCC2)c1=O.